The molecule has 0 aromatic rings. The van der Waals surface area contributed by atoms with Crippen molar-refractivity contribution in [3.05, 3.63) is 66.6 Å². The van der Waals surface area contributed by atoms with E-state index in [1.54, 1.807) is 0 Å². The van der Waals surface area contributed by atoms with E-state index in [-0.39, 0.29) is 0 Å². The van der Waals surface area contributed by atoms with Gasteiger partial charge in [-0.25, -0.2) is 0 Å². The third-order valence-corrected chi connectivity index (χ3v) is 2.23. The second-order valence-corrected chi connectivity index (χ2v) is 3.72. The molecule has 18 heavy (non-hydrogen) atoms. The molecule has 0 atom stereocenters. The first-order valence-corrected chi connectivity index (χ1v) is 6.17. The molecule has 2 heteroatoms. The van der Waals surface area contributed by atoms with Crippen LogP contribution in [0.1, 0.15) is 13.3 Å². The Hall–Kier alpha value is -1.76. The molecule has 0 saturated heterocycles. The van der Waals surface area contributed by atoms with Gasteiger partial charge in [0.15, 0.2) is 0 Å². The van der Waals surface area contributed by atoms with Crippen LogP contribution in [0.2, 0.25) is 0 Å². The van der Waals surface area contributed by atoms with Crippen molar-refractivity contribution in [3.63, 3.8) is 0 Å². The number of hydrogen-bond acceptors (Lipinski definition) is 2. The summed E-state index contributed by atoms with van der Waals surface area (Å²) < 4.78 is 0. The molecule has 0 amide bonds. The van der Waals surface area contributed by atoms with Gasteiger partial charge >= 0.3 is 0 Å². The van der Waals surface area contributed by atoms with Gasteiger partial charge in [0.25, 0.3) is 0 Å². The molecule has 0 aliphatic rings. The molecule has 2 N–H and O–H groups in total. The predicted octanol–water partition coefficient (Wildman–Crippen LogP) is 3.18. The first kappa shape index (κ1) is 16.2. The topological polar surface area (TPSA) is 29.3 Å². The van der Waals surface area contributed by atoms with E-state index in [9.17, 15) is 0 Å². The first-order valence-electron chi connectivity index (χ1n) is 6.17. The van der Waals surface area contributed by atoms with E-state index in [1.165, 1.54) is 0 Å². The Morgan fingerprint density at radius 1 is 1.39 bits per heavy atom. The van der Waals surface area contributed by atoms with E-state index < -0.39 is 0 Å². The fourth-order valence-corrected chi connectivity index (χ4v) is 1.29. The molecule has 0 aromatic heterocycles. The molecule has 0 saturated carbocycles. The maximum absolute atomic E-state index is 5.48. The second-order valence-electron chi connectivity index (χ2n) is 3.72. The lowest BCUT2D eigenvalue weighted by molar-refractivity contribution is 0.478. The summed E-state index contributed by atoms with van der Waals surface area (Å²) in [6, 6.07) is 0. The van der Waals surface area contributed by atoms with E-state index in [1.807, 2.05) is 43.4 Å². The molecule has 0 spiro atoms. The number of likely N-dealkylation sites (N-methyl/N-ethyl adjacent to an activating group) is 1. The van der Waals surface area contributed by atoms with Gasteiger partial charge in [0.2, 0.25) is 0 Å². The fourth-order valence-electron chi connectivity index (χ4n) is 1.29. The minimum Gasteiger partial charge on any atom is -0.371 e. The summed E-state index contributed by atoms with van der Waals surface area (Å²) in [5.74, 6) is 0. The Labute approximate surface area is 111 Å². The molecule has 98 valence electrons. The lowest BCUT2D eigenvalue weighted by atomic mass is 10.2. The average Bonchev–Trinajstić information content (AvgIpc) is 2.38. The van der Waals surface area contributed by atoms with Gasteiger partial charge in [-0.1, -0.05) is 30.4 Å². The van der Waals surface area contributed by atoms with Crippen molar-refractivity contribution in [3.8, 4) is 0 Å². The van der Waals surface area contributed by atoms with E-state index in [2.05, 4.69) is 36.4 Å². The molecule has 0 aliphatic heterocycles. The highest BCUT2D eigenvalue weighted by molar-refractivity contribution is 5.19. The molecule has 0 aliphatic carbocycles. The van der Waals surface area contributed by atoms with Crippen LogP contribution < -0.4 is 5.73 Å². The van der Waals surface area contributed by atoms with Crippen LogP contribution in [0.25, 0.3) is 0 Å². The van der Waals surface area contributed by atoms with Crippen molar-refractivity contribution in [1.82, 2.24) is 4.90 Å². The fraction of sp³-hybridized carbons (Fsp3) is 0.312. The SMILES string of the molecule is C=CC/C=C(\C=C/CN)N(C)C/C=C\C=C=CC. The van der Waals surface area contributed by atoms with Gasteiger partial charge in [-0.2, -0.15) is 0 Å². The van der Waals surface area contributed by atoms with Crippen LogP contribution in [-0.4, -0.2) is 25.0 Å². The number of nitrogens with two attached hydrogens (primary N) is 1. The largest absolute Gasteiger partial charge is 0.371 e. The summed E-state index contributed by atoms with van der Waals surface area (Å²) in [4.78, 5) is 2.16. The van der Waals surface area contributed by atoms with Crippen LogP contribution in [0, 0.1) is 0 Å². The summed E-state index contributed by atoms with van der Waals surface area (Å²) in [6.07, 6.45) is 16.7. The summed E-state index contributed by atoms with van der Waals surface area (Å²) in [5.41, 5.74) is 9.64. The normalized spacial score (nSPS) is 11.6. The molecule has 0 heterocycles. The van der Waals surface area contributed by atoms with E-state index in [4.69, 9.17) is 5.73 Å². The highest BCUT2D eigenvalue weighted by Crippen LogP contribution is 2.05. The van der Waals surface area contributed by atoms with Gasteiger partial charge in [0.05, 0.1) is 0 Å². The summed E-state index contributed by atoms with van der Waals surface area (Å²) >= 11 is 0. The van der Waals surface area contributed by atoms with Crippen molar-refractivity contribution in [1.29, 1.82) is 0 Å². The van der Waals surface area contributed by atoms with Gasteiger partial charge in [-0.05, 0) is 31.6 Å². The number of hydrogen-bond donors (Lipinski definition) is 1. The molecule has 0 unspecified atom stereocenters. The van der Waals surface area contributed by atoms with E-state index in [0.29, 0.717) is 6.54 Å². The predicted molar refractivity (Wildman–Crippen MR) is 81.2 cm³/mol. The molecular formula is C16H24N2. The maximum atomic E-state index is 5.48. The molecule has 2 nitrogen and oxygen atoms in total. The highest BCUT2D eigenvalue weighted by atomic mass is 15.1. The summed E-state index contributed by atoms with van der Waals surface area (Å²) in [6.45, 7) is 7.08. The molecular weight excluding hydrogens is 220 g/mol. The van der Waals surface area contributed by atoms with Crippen LogP contribution in [0.5, 0.6) is 0 Å². The first-order chi connectivity index (χ1) is 8.76. The Kier molecular flexibility index (Phi) is 10.6. The van der Waals surface area contributed by atoms with Crippen molar-refractivity contribution in [2.24, 2.45) is 5.73 Å². The Morgan fingerprint density at radius 2 is 2.17 bits per heavy atom. The van der Waals surface area contributed by atoms with E-state index in [0.717, 1.165) is 18.7 Å². The van der Waals surface area contributed by atoms with Gasteiger partial charge in [0.1, 0.15) is 0 Å². The van der Waals surface area contributed by atoms with Crippen LogP contribution in [-0.2, 0) is 0 Å². The highest BCUT2D eigenvalue weighted by Gasteiger charge is 1.97. The van der Waals surface area contributed by atoms with Crippen LogP contribution in [0.4, 0.5) is 0 Å². The smallest absolute Gasteiger partial charge is 0.0359 e. The van der Waals surface area contributed by atoms with Crippen molar-refractivity contribution >= 4 is 0 Å². The molecule has 0 rings (SSSR count). The average molecular weight is 244 g/mol. The minimum absolute atomic E-state index is 0.555. The van der Waals surface area contributed by atoms with Gasteiger partial charge in [0, 0.05) is 25.8 Å². The summed E-state index contributed by atoms with van der Waals surface area (Å²) in [5, 5.41) is 0. The zero-order valence-corrected chi connectivity index (χ0v) is 11.5. The zero-order chi connectivity index (χ0) is 13.6. The van der Waals surface area contributed by atoms with E-state index >= 15 is 0 Å². The van der Waals surface area contributed by atoms with Gasteiger partial charge in [-0.15, -0.1) is 12.3 Å². The lowest BCUT2D eigenvalue weighted by Crippen LogP contribution is -2.16. The van der Waals surface area contributed by atoms with Gasteiger partial charge < -0.3 is 10.6 Å². The number of rotatable bonds is 8. The Morgan fingerprint density at radius 3 is 2.78 bits per heavy atom. The quantitative estimate of drug-likeness (QED) is 0.404. The van der Waals surface area contributed by atoms with Crippen LogP contribution >= 0.6 is 0 Å². The molecule has 0 radical (unpaired) electrons. The number of nitrogens with zero attached hydrogens (tertiary/aromatic N) is 1. The van der Waals surface area contributed by atoms with Gasteiger partial charge in [-0.3, -0.25) is 0 Å². The van der Waals surface area contributed by atoms with Crippen molar-refractivity contribution in [2.75, 3.05) is 20.1 Å². The lowest BCUT2D eigenvalue weighted by Gasteiger charge is -2.18. The second kappa shape index (κ2) is 11.7. The Balaban J connectivity index is 4.50. The molecule has 0 fully saturated rings. The Bertz CT molecular complexity index is 367. The number of allylic oxidation sites excluding steroid dienone is 5. The molecule has 0 aromatic carbocycles. The molecule has 0 bridgehead atoms. The third-order valence-electron chi connectivity index (χ3n) is 2.23. The van der Waals surface area contributed by atoms with Crippen molar-refractivity contribution < 1.29 is 0 Å². The zero-order valence-electron chi connectivity index (χ0n) is 11.5. The third kappa shape index (κ3) is 8.40. The van der Waals surface area contributed by atoms with Crippen LogP contribution in [0.3, 0.4) is 0 Å². The monoisotopic (exact) mass is 244 g/mol. The maximum Gasteiger partial charge on any atom is 0.0359 e. The summed E-state index contributed by atoms with van der Waals surface area (Å²) in [7, 11) is 2.06. The minimum atomic E-state index is 0.555. The van der Waals surface area contributed by atoms with Crippen molar-refractivity contribution in [2.45, 2.75) is 13.3 Å². The van der Waals surface area contributed by atoms with Crippen LogP contribution in [0.15, 0.2) is 66.6 Å². The standard InChI is InChI=1S/C16H24N2/c1-4-6-8-9-10-15-18(3)16(12-7-5-2)13-11-14-17/h4-5,8-13H,2,7,14-15,17H2,1,3H3/b10-9-,13-11-,16-12+.